The van der Waals surface area contributed by atoms with E-state index in [9.17, 15) is 9.90 Å². The maximum absolute atomic E-state index is 12.9. The first-order chi connectivity index (χ1) is 20.9. The molecule has 0 saturated heterocycles. The van der Waals surface area contributed by atoms with Crippen LogP contribution in [0.4, 0.5) is 17.5 Å². The lowest BCUT2D eigenvalue weighted by Gasteiger charge is -2.30. The molecule has 1 aromatic carbocycles. The van der Waals surface area contributed by atoms with E-state index in [1.165, 1.54) is 6.20 Å². The number of hydrogen-bond donors (Lipinski definition) is 3. The normalized spacial score (nSPS) is 14.3. The van der Waals surface area contributed by atoms with Crippen LogP contribution in [0.1, 0.15) is 41.5 Å². The van der Waals surface area contributed by atoms with Crippen molar-refractivity contribution in [3.63, 3.8) is 0 Å². The predicted molar refractivity (Wildman–Crippen MR) is 160 cm³/mol. The van der Waals surface area contributed by atoms with Crippen LogP contribution >= 0.6 is 0 Å². The van der Waals surface area contributed by atoms with Gasteiger partial charge in [0.1, 0.15) is 11.5 Å². The summed E-state index contributed by atoms with van der Waals surface area (Å²) in [7, 11) is 0. The highest BCUT2D eigenvalue weighted by Crippen LogP contribution is 2.38. The second-order valence-electron chi connectivity index (χ2n) is 10.4. The zero-order valence-electron chi connectivity index (χ0n) is 23.6. The van der Waals surface area contributed by atoms with Crippen LogP contribution in [0, 0.1) is 0 Å². The smallest absolute Gasteiger partial charge is 0.266 e. The molecule has 216 valence electrons. The summed E-state index contributed by atoms with van der Waals surface area (Å²) in [6, 6.07) is 16.3. The third-order valence-electron chi connectivity index (χ3n) is 7.23. The molecule has 0 radical (unpaired) electrons. The second kappa shape index (κ2) is 11.4. The van der Waals surface area contributed by atoms with Crippen LogP contribution in [0.3, 0.4) is 0 Å². The average molecular weight is 576 g/mol. The van der Waals surface area contributed by atoms with Crippen molar-refractivity contribution in [2.75, 3.05) is 23.8 Å². The number of pyridine rings is 2. The molecule has 43 heavy (non-hydrogen) atoms. The van der Waals surface area contributed by atoms with Gasteiger partial charge in [0, 0.05) is 31.2 Å². The Bertz CT molecular complexity index is 1770. The Kier molecular flexibility index (Phi) is 7.34. The Labute approximate surface area is 247 Å². The number of nitrogens with one attached hydrogen (secondary N) is 2. The number of aliphatic hydroxyl groups excluding tert-OH is 1. The third-order valence-corrected chi connectivity index (χ3v) is 7.23. The maximum Gasteiger partial charge on any atom is 0.266 e. The molecule has 6 rings (SSSR count). The van der Waals surface area contributed by atoms with Crippen LogP contribution < -0.4 is 10.6 Å². The first kappa shape index (κ1) is 27.7. The number of carbonyl (C=O) groups is 1. The van der Waals surface area contributed by atoms with E-state index in [1.807, 2.05) is 50.2 Å². The number of nitrogens with zero attached hydrogens (tertiary/aromatic N) is 7. The number of amides is 1. The minimum Gasteiger partial charge on any atom is -0.414 e. The van der Waals surface area contributed by atoms with E-state index in [2.05, 4.69) is 47.3 Å². The van der Waals surface area contributed by atoms with Gasteiger partial charge >= 0.3 is 0 Å². The van der Waals surface area contributed by atoms with Crippen molar-refractivity contribution in [1.82, 2.24) is 35.0 Å². The quantitative estimate of drug-likeness (QED) is 0.198. The summed E-state index contributed by atoms with van der Waals surface area (Å²) in [5.41, 5.74) is 2.96. The van der Waals surface area contributed by atoms with E-state index in [0.717, 1.165) is 5.56 Å². The van der Waals surface area contributed by atoms with E-state index < -0.39 is 11.6 Å². The minimum atomic E-state index is -0.642. The molecule has 4 aromatic heterocycles. The van der Waals surface area contributed by atoms with E-state index in [4.69, 9.17) is 4.42 Å². The number of aliphatic hydroxyl groups is 1. The number of carbonyl (C=O) groups excluding carboxylic acids is 1. The molecule has 0 fully saturated rings. The average Bonchev–Trinajstić information content (AvgIpc) is 3.59. The van der Waals surface area contributed by atoms with Crippen molar-refractivity contribution >= 4 is 23.4 Å². The Morgan fingerprint density at radius 2 is 1.79 bits per heavy atom. The van der Waals surface area contributed by atoms with Gasteiger partial charge < -0.3 is 25.1 Å². The SMILES string of the molecule is C=CCN1C(=O)c2cnc(Nc3cc(N[C@H](CO)c4ccccc4)c(-c4nnc(-c5ccccn5)o4)cn3)nc2C1(C)C. The Hall–Kier alpha value is -5.49. The molecule has 1 atom stereocenters. The molecule has 12 nitrogen and oxygen atoms in total. The zero-order valence-corrected chi connectivity index (χ0v) is 23.6. The number of fused-ring (bicyclic) bond motifs is 1. The van der Waals surface area contributed by atoms with Crippen LogP contribution in [-0.2, 0) is 5.54 Å². The lowest BCUT2D eigenvalue weighted by Crippen LogP contribution is -2.39. The predicted octanol–water partition coefficient (Wildman–Crippen LogP) is 4.75. The van der Waals surface area contributed by atoms with Crippen molar-refractivity contribution in [3.05, 3.63) is 103 Å². The van der Waals surface area contributed by atoms with E-state index in [0.29, 0.717) is 40.6 Å². The summed E-state index contributed by atoms with van der Waals surface area (Å²) in [5, 5.41) is 25.2. The number of benzene rings is 1. The van der Waals surface area contributed by atoms with Gasteiger partial charge in [-0.05, 0) is 31.5 Å². The van der Waals surface area contributed by atoms with Gasteiger partial charge in [-0.25, -0.2) is 15.0 Å². The number of aromatic nitrogens is 6. The first-order valence-electron chi connectivity index (χ1n) is 13.6. The summed E-state index contributed by atoms with van der Waals surface area (Å²) in [4.78, 5) is 32.6. The number of anilines is 3. The Morgan fingerprint density at radius 3 is 2.53 bits per heavy atom. The van der Waals surface area contributed by atoms with E-state index in [1.54, 1.807) is 41.6 Å². The zero-order chi connectivity index (χ0) is 30.0. The highest BCUT2D eigenvalue weighted by molar-refractivity contribution is 5.99. The highest BCUT2D eigenvalue weighted by atomic mass is 16.4. The topological polar surface area (TPSA) is 155 Å². The molecule has 0 saturated carbocycles. The molecule has 3 N–H and O–H groups in total. The molecule has 0 spiro atoms. The second-order valence-corrected chi connectivity index (χ2v) is 10.4. The lowest BCUT2D eigenvalue weighted by molar-refractivity contribution is 0.0649. The van der Waals surface area contributed by atoms with Gasteiger partial charge in [-0.1, -0.05) is 42.5 Å². The minimum absolute atomic E-state index is 0.138. The molecule has 12 heteroatoms. The van der Waals surface area contributed by atoms with Crippen LogP contribution in [0.2, 0.25) is 0 Å². The Morgan fingerprint density at radius 1 is 1.02 bits per heavy atom. The molecule has 5 heterocycles. The van der Waals surface area contributed by atoms with Gasteiger partial charge in [0.15, 0.2) is 0 Å². The molecule has 1 aliphatic rings. The van der Waals surface area contributed by atoms with Gasteiger partial charge in [-0.15, -0.1) is 16.8 Å². The lowest BCUT2D eigenvalue weighted by atomic mass is 10.0. The fourth-order valence-electron chi connectivity index (χ4n) is 4.99. The van der Waals surface area contributed by atoms with Gasteiger partial charge in [-0.3, -0.25) is 9.78 Å². The summed E-state index contributed by atoms with van der Waals surface area (Å²) in [6.07, 6.45) is 6.46. The highest BCUT2D eigenvalue weighted by Gasteiger charge is 2.44. The number of hydrogen-bond acceptors (Lipinski definition) is 11. The van der Waals surface area contributed by atoms with Crippen molar-refractivity contribution < 1.29 is 14.3 Å². The summed E-state index contributed by atoms with van der Waals surface area (Å²) in [6.45, 7) is 7.87. The van der Waals surface area contributed by atoms with Crippen LogP contribution in [0.25, 0.3) is 23.0 Å². The van der Waals surface area contributed by atoms with Crippen molar-refractivity contribution in [2.45, 2.75) is 25.4 Å². The maximum atomic E-state index is 12.9. The van der Waals surface area contributed by atoms with Crippen molar-refractivity contribution in [2.24, 2.45) is 0 Å². The molecular weight excluding hydrogens is 546 g/mol. The van der Waals surface area contributed by atoms with Crippen molar-refractivity contribution in [3.8, 4) is 23.0 Å². The monoisotopic (exact) mass is 575 g/mol. The fourth-order valence-corrected chi connectivity index (χ4v) is 4.99. The van der Waals surface area contributed by atoms with E-state index >= 15 is 0 Å². The molecule has 0 unspecified atom stereocenters. The molecule has 5 aromatic rings. The Balaban J connectivity index is 1.35. The van der Waals surface area contributed by atoms with Gasteiger partial charge in [-0.2, -0.15) is 0 Å². The molecular formula is C31H29N9O3. The van der Waals surface area contributed by atoms with Gasteiger partial charge in [0.25, 0.3) is 17.7 Å². The molecule has 1 aliphatic heterocycles. The first-order valence-corrected chi connectivity index (χ1v) is 13.6. The molecule has 1 amide bonds. The largest absolute Gasteiger partial charge is 0.414 e. The van der Waals surface area contributed by atoms with E-state index in [-0.39, 0.29) is 30.2 Å². The standard InChI is InChI=1S/C31H29N9O3/c1-4-14-40-29(42)21-17-34-30(37-26(21)31(40,2)3)36-25-15-23(35-24(18-41)19-10-6-5-7-11-19)20(16-33-25)27-38-39-28(43-27)22-12-8-9-13-32-22/h4-13,15-17,24,41H,1,14,18H2,2-3H3,(H2,33,34,35,36,37)/t24-/m1/s1. The van der Waals surface area contributed by atoms with Crippen LogP contribution in [-0.4, -0.2) is 59.2 Å². The van der Waals surface area contributed by atoms with Crippen LogP contribution in [0.15, 0.2) is 90.3 Å². The molecule has 0 aliphatic carbocycles. The van der Waals surface area contributed by atoms with Crippen molar-refractivity contribution in [1.29, 1.82) is 0 Å². The third kappa shape index (κ3) is 5.31. The van der Waals surface area contributed by atoms with Gasteiger partial charge in [0.2, 0.25) is 5.95 Å². The summed E-state index contributed by atoms with van der Waals surface area (Å²) in [5.74, 6) is 1.05. The van der Waals surface area contributed by atoms with Gasteiger partial charge in [0.05, 0.1) is 40.7 Å². The molecule has 0 bridgehead atoms. The van der Waals surface area contributed by atoms with Crippen LogP contribution in [0.5, 0.6) is 0 Å². The number of rotatable bonds is 10. The summed E-state index contributed by atoms with van der Waals surface area (Å²) < 4.78 is 5.97. The fraction of sp³-hybridized carbons (Fsp3) is 0.194. The summed E-state index contributed by atoms with van der Waals surface area (Å²) >= 11 is 0.